The molecule has 0 bridgehead atoms. The van der Waals surface area contributed by atoms with Crippen molar-refractivity contribution in [2.45, 2.75) is 19.1 Å². The Morgan fingerprint density at radius 1 is 1.21 bits per heavy atom. The summed E-state index contributed by atoms with van der Waals surface area (Å²) in [4.78, 5) is 15.9. The smallest absolute Gasteiger partial charge is 0.321 e. The minimum atomic E-state index is -0.398. The molecule has 2 amide bonds. The summed E-state index contributed by atoms with van der Waals surface area (Å²) in [7, 11) is 2.05. The van der Waals surface area contributed by atoms with Crippen LogP contribution >= 0.6 is 0 Å². The van der Waals surface area contributed by atoms with Crippen LogP contribution in [0.2, 0.25) is 0 Å². The summed E-state index contributed by atoms with van der Waals surface area (Å²) in [5.41, 5.74) is 3.11. The van der Waals surface area contributed by atoms with Crippen LogP contribution in [0.1, 0.15) is 12.0 Å². The molecule has 0 spiro atoms. The van der Waals surface area contributed by atoms with Crippen LogP contribution in [0.4, 0.5) is 16.2 Å². The Kier molecular flexibility index (Phi) is 5.01. The molecule has 1 atom stereocenters. The zero-order valence-corrected chi connectivity index (χ0v) is 13.9. The van der Waals surface area contributed by atoms with Crippen molar-refractivity contribution in [3.8, 4) is 0 Å². The quantitative estimate of drug-likeness (QED) is 0.909. The number of carbonyl (C=O) groups is 1. The second kappa shape index (κ2) is 7.36. The Morgan fingerprint density at radius 3 is 2.54 bits per heavy atom. The predicted octanol–water partition coefficient (Wildman–Crippen LogP) is 2.92. The fourth-order valence-corrected chi connectivity index (χ4v) is 2.88. The van der Waals surface area contributed by atoms with Crippen molar-refractivity contribution in [3.63, 3.8) is 0 Å². The molecule has 0 unspecified atom stereocenters. The van der Waals surface area contributed by atoms with Crippen LogP contribution in [0, 0.1) is 0 Å². The van der Waals surface area contributed by atoms with Crippen LogP contribution < -0.4 is 10.2 Å². The molecule has 1 saturated heterocycles. The van der Waals surface area contributed by atoms with E-state index in [1.165, 1.54) is 5.56 Å². The van der Waals surface area contributed by atoms with Crippen molar-refractivity contribution in [1.82, 2.24) is 4.90 Å². The third-order valence-corrected chi connectivity index (χ3v) is 4.27. The largest absolute Gasteiger partial charge is 0.391 e. The van der Waals surface area contributed by atoms with Crippen molar-refractivity contribution in [2.24, 2.45) is 0 Å². The predicted molar refractivity (Wildman–Crippen MR) is 96.2 cm³/mol. The number of rotatable bonds is 4. The molecule has 1 heterocycles. The van der Waals surface area contributed by atoms with Gasteiger partial charge in [-0.05, 0) is 36.2 Å². The van der Waals surface area contributed by atoms with Gasteiger partial charge in [-0.1, -0.05) is 30.3 Å². The fourth-order valence-electron chi connectivity index (χ4n) is 2.88. The van der Waals surface area contributed by atoms with Crippen molar-refractivity contribution in [3.05, 3.63) is 60.2 Å². The molecule has 1 aliphatic heterocycles. The number of β-amino-alcohol motifs (C(OH)–C–C–N with tert-alkyl or cyclic N) is 1. The Labute approximate surface area is 142 Å². The normalized spacial score (nSPS) is 16.9. The minimum absolute atomic E-state index is 0.156. The van der Waals surface area contributed by atoms with Gasteiger partial charge in [-0.25, -0.2) is 4.79 Å². The molecule has 0 aliphatic carbocycles. The molecule has 1 aliphatic rings. The Bertz CT molecular complexity index is 673. The van der Waals surface area contributed by atoms with E-state index in [0.717, 1.165) is 17.9 Å². The van der Waals surface area contributed by atoms with Gasteiger partial charge in [-0.15, -0.1) is 0 Å². The third kappa shape index (κ3) is 4.06. The Balaban J connectivity index is 1.57. The van der Waals surface area contributed by atoms with Crippen LogP contribution in [-0.2, 0) is 6.54 Å². The van der Waals surface area contributed by atoms with Gasteiger partial charge >= 0.3 is 6.03 Å². The second-order valence-corrected chi connectivity index (χ2v) is 6.21. The van der Waals surface area contributed by atoms with E-state index in [9.17, 15) is 9.90 Å². The second-order valence-electron chi connectivity index (χ2n) is 6.21. The third-order valence-electron chi connectivity index (χ3n) is 4.27. The summed E-state index contributed by atoms with van der Waals surface area (Å²) >= 11 is 0. The van der Waals surface area contributed by atoms with Gasteiger partial charge in [0.15, 0.2) is 0 Å². The molecule has 0 aromatic heterocycles. The van der Waals surface area contributed by atoms with Gasteiger partial charge in [0.25, 0.3) is 0 Å². The number of benzene rings is 2. The molecule has 0 radical (unpaired) electrons. The molecule has 24 heavy (non-hydrogen) atoms. The van der Waals surface area contributed by atoms with Gasteiger partial charge in [-0.3, -0.25) is 0 Å². The summed E-state index contributed by atoms with van der Waals surface area (Å²) in [5.74, 6) is 0. The fraction of sp³-hybridized carbons (Fsp3) is 0.316. The van der Waals surface area contributed by atoms with Crippen molar-refractivity contribution >= 4 is 17.4 Å². The van der Waals surface area contributed by atoms with E-state index >= 15 is 0 Å². The number of nitrogens with one attached hydrogen (secondary N) is 1. The monoisotopic (exact) mass is 325 g/mol. The number of amides is 2. The SMILES string of the molecule is CN(Cc1ccccc1)c1ccc(NC(=O)N2CC[C@@H](O)C2)cc1. The first-order valence-corrected chi connectivity index (χ1v) is 8.21. The highest BCUT2D eigenvalue weighted by Gasteiger charge is 2.24. The topological polar surface area (TPSA) is 55.8 Å². The Morgan fingerprint density at radius 2 is 1.92 bits per heavy atom. The highest BCUT2D eigenvalue weighted by atomic mass is 16.3. The number of hydrogen-bond acceptors (Lipinski definition) is 3. The van der Waals surface area contributed by atoms with Crippen LogP contribution in [0.5, 0.6) is 0 Å². The first-order valence-electron chi connectivity index (χ1n) is 8.21. The number of likely N-dealkylation sites (tertiary alicyclic amines) is 1. The van der Waals surface area contributed by atoms with E-state index in [-0.39, 0.29) is 6.03 Å². The number of carbonyl (C=O) groups excluding carboxylic acids is 1. The average molecular weight is 325 g/mol. The van der Waals surface area contributed by atoms with E-state index in [0.29, 0.717) is 19.5 Å². The van der Waals surface area contributed by atoms with Crippen LogP contribution in [0.3, 0.4) is 0 Å². The van der Waals surface area contributed by atoms with E-state index in [2.05, 4.69) is 22.3 Å². The number of anilines is 2. The molecular weight excluding hydrogens is 302 g/mol. The number of nitrogens with zero attached hydrogens (tertiary/aromatic N) is 2. The Hall–Kier alpha value is -2.53. The highest BCUT2D eigenvalue weighted by molar-refractivity contribution is 5.89. The molecule has 5 nitrogen and oxygen atoms in total. The maximum atomic E-state index is 12.1. The summed E-state index contributed by atoms with van der Waals surface area (Å²) < 4.78 is 0. The van der Waals surface area contributed by atoms with Crippen LogP contribution in [0.15, 0.2) is 54.6 Å². The minimum Gasteiger partial charge on any atom is -0.391 e. The number of aliphatic hydroxyl groups is 1. The molecule has 1 fully saturated rings. The van der Waals surface area contributed by atoms with Crippen LogP contribution in [0.25, 0.3) is 0 Å². The first kappa shape index (κ1) is 16.3. The molecule has 2 aromatic rings. The van der Waals surface area contributed by atoms with Crippen LogP contribution in [-0.4, -0.2) is 42.3 Å². The van der Waals surface area contributed by atoms with E-state index in [1.807, 2.05) is 49.5 Å². The number of hydrogen-bond donors (Lipinski definition) is 2. The molecular formula is C19H23N3O2. The van der Waals surface area contributed by atoms with Gasteiger partial charge in [-0.2, -0.15) is 0 Å². The lowest BCUT2D eigenvalue weighted by molar-refractivity contribution is 0.176. The lowest BCUT2D eigenvalue weighted by Gasteiger charge is -2.20. The maximum absolute atomic E-state index is 12.1. The summed E-state index contributed by atoms with van der Waals surface area (Å²) in [6, 6.07) is 18.0. The van der Waals surface area contributed by atoms with Gasteiger partial charge in [0.2, 0.25) is 0 Å². The van der Waals surface area contributed by atoms with E-state index in [1.54, 1.807) is 4.90 Å². The molecule has 2 aromatic carbocycles. The van der Waals surface area contributed by atoms with Crippen molar-refractivity contribution in [1.29, 1.82) is 0 Å². The van der Waals surface area contributed by atoms with Gasteiger partial charge in [0, 0.05) is 38.1 Å². The van der Waals surface area contributed by atoms with Crippen molar-refractivity contribution < 1.29 is 9.90 Å². The van der Waals surface area contributed by atoms with Gasteiger partial charge in [0.05, 0.1) is 6.10 Å². The summed E-state index contributed by atoms with van der Waals surface area (Å²) in [6.07, 6.45) is 0.251. The molecule has 3 rings (SSSR count). The van der Waals surface area contributed by atoms with Gasteiger partial charge in [0.1, 0.15) is 0 Å². The van der Waals surface area contributed by atoms with Crippen molar-refractivity contribution in [2.75, 3.05) is 30.4 Å². The number of aliphatic hydroxyl groups excluding tert-OH is 1. The maximum Gasteiger partial charge on any atom is 0.321 e. The summed E-state index contributed by atoms with van der Waals surface area (Å²) in [6.45, 7) is 1.84. The van der Waals surface area contributed by atoms with E-state index in [4.69, 9.17) is 0 Å². The molecule has 5 heteroatoms. The standard InChI is InChI=1S/C19H23N3O2/c1-21(13-15-5-3-2-4-6-15)17-9-7-16(8-10-17)20-19(24)22-12-11-18(23)14-22/h2-10,18,23H,11-14H2,1H3,(H,20,24)/t18-/m1/s1. The number of urea groups is 1. The van der Waals surface area contributed by atoms with E-state index < -0.39 is 6.10 Å². The summed E-state index contributed by atoms with van der Waals surface area (Å²) in [5, 5.41) is 12.4. The lowest BCUT2D eigenvalue weighted by atomic mass is 10.2. The molecule has 126 valence electrons. The molecule has 0 saturated carbocycles. The zero-order valence-electron chi connectivity index (χ0n) is 13.9. The zero-order chi connectivity index (χ0) is 16.9. The lowest BCUT2D eigenvalue weighted by Crippen LogP contribution is -2.33. The van der Waals surface area contributed by atoms with Gasteiger partial charge < -0.3 is 20.2 Å². The highest BCUT2D eigenvalue weighted by Crippen LogP contribution is 2.19. The molecule has 2 N–H and O–H groups in total. The average Bonchev–Trinajstić information content (AvgIpc) is 3.03. The first-order chi connectivity index (χ1) is 11.6.